The summed E-state index contributed by atoms with van der Waals surface area (Å²) in [4.78, 5) is 18.2. The molecule has 5 heteroatoms. The van der Waals surface area contributed by atoms with E-state index in [4.69, 9.17) is 5.11 Å². The topological polar surface area (TPSA) is 53.4 Å². The molecule has 1 N–H and O–H groups in total. The summed E-state index contributed by atoms with van der Waals surface area (Å²) in [5.74, 6) is -0.911. The smallest absolute Gasteiger partial charge is 0.310 e. The third kappa shape index (κ3) is 1.48. The van der Waals surface area contributed by atoms with Crippen molar-refractivity contribution < 1.29 is 9.90 Å². The molecular weight excluding hydrogens is 200 g/mol. The molecule has 0 aromatic carbocycles. The van der Waals surface area contributed by atoms with Crippen LogP contribution in [0.15, 0.2) is 0 Å². The maximum atomic E-state index is 10.6. The van der Waals surface area contributed by atoms with Crippen LogP contribution >= 0.6 is 11.3 Å². The highest BCUT2D eigenvalue weighted by atomic mass is 32.1. The maximum absolute atomic E-state index is 10.6. The number of aryl methyl sites for hydroxylation is 2. The Balaban J connectivity index is 2.03. The number of hydrogen-bond acceptors (Lipinski definition) is 4. The zero-order valence-electron chi connectivity index (χ0n) is 8.15. The summed E-state index contributed by atoms with van der Waals surface area (Å²) in [5.41, 5.74) is 1.05. The molecule has 76 valence electrons. The number of aromatic nitrogens is 1. The number of carboxylic acids is 1. The molecule has 1 fully saturated rings. The van der Waals surface area contributed by atoms with Crippen LogP contribution in [0.1, 0.15) is 10.6 Å². The van der Waals surface area contributed by atoms with Crippen molar-refractivity contribution in [1.82, 2.24) is 4.98 Å². The number of anilines is 1. The summed E-state index contributed by atoms with van der Waals surface area (Å²) in [7, 11) is 0. The Morgan fingerprint density at radius 2 is 2.21 bits per heavy atom. The molecule has 1 aromatic rings. The van der Waals surface area contributed by atoms with E-state index in [2.05, 4.69) is 4.98 Å². The summed E-state index contributed by atoms with van der Waals surface area (Å²) in [6.45, 7) is 5.21. The minimum Gasteiger partial charge on any atom is -0.481 e. The van der Waals surface area contributed by atoms with Gasteiger partial charge < -0.3 is 10.0 Å². The molecule has 0 amide bonds. The van der Waals surface area contributed by atoms with Gasteiger partial charge in [-0.15, -0.1) is 11.3 Å². The van der Waals surface area contributed by atoms with E-state index in [-0.39, 0.29) is 5.92 Å². The van der Waals surface area contributed by atoms with Crippen LogP contribution in [0.3, 0.4) is 0 Å². The minimum absolute atomic E-state index is 0.209. The molecule has 1 aliphatic rings. The van der Waals surface area contributed by atoms with Gasteiger partial charge in [-0.25, -0.2) is 4.98 Å². The van der Waals surface area contributed by atoms with Crippen LogP contribution < -0.4 is 4.90 Å². The number of carbonyl (C=O) groups is 1. The Morgan fingerprint density at radius 3 is 2.64 bits per heavy atom. The number of hydrogen-bond donors (Lipinski definition) is 1. The quantitative estimate of drug-likeness (QED) is 0.802. The van der Waals surface area contributed by atoms with Gasteiger partial charge in [0.25, 0.3) is 0 Å². The Kier molecular flexibility index (Phi) is 2.19. The fraction of sp³-hybridized carbons (Fsp3) is 0.556. The van der Waals surface area contributed by atoms with Gasteiger partial charge in [-0.05, 0) is 13.8 Å². The maximum Gasteiger partial charge on any atom is 0.310 e. The normalized spacial score (nSPS) is 16.9. The molecule has 1 aliphatic heterocycles. The molecule has 0 atom stereocenters. The lowest BCUT2D eigenvalue weighted by molar-refractivity contribution is -0.142. The van der Waals surface area contributed by atoms with E-state index in [0.717, 1.165) is 10.8 Å². The molecule has 0 radical (unpaired) electrons. The highest BCUT2D eigenvalue weighted by Gasteiger charge is 2.34. The highest BCUT2D eigenvalue weighted by Crippen LogP contribution is 2.30. The van der Waals surface area contributed by atoms with Crippen LogP contribution in [-0.2, 0) is 4.79 Å². The predicted octanol–water partition coefficient (Wildman–Crippen LogP) is 1.28. The van der Waals surface area contributed by atoms with Crippen molar-refractivity contribution in [3.05, 3.63) is 10.6 Å². The van der Waals surface area contributed by atoms with Gasteiger partial charge in [0.1, 0.15) is 0 Å². The molecule has 1 saturated heterocycles. The van der Waals surface area contributed by atoms with E-state index in [9.17, 15) is 4.79 Å². The number of thiazole rings is 1. The van der Waals surface area contributed by atoms with E-state index in [1.165, 1.54) is 4.88 Å². The number of rotatable bonds is 2. The Hall–Kier alpha value is -1.10. The van der Waals surface area contributed by atoms with Gasteiger partial charge >= 0.3 is 5.97 Å². The first-order chi connectivity index (χ1) is 6.58. The van der Waals surface area contributed by atoms with Gasteiger partial charge in [0.05, 0.1) is 11.6 Å². The van der Waals surface area contributed by atoms with Gasteiger partial charge in [0, 0.05) is 18.0 Å². The molecule has 2 heterocycles. The van der Waals surface area contributed by atoms with Crippen molar-refractivity contribution >= 4 is 22.4 Å². The fourth-order valence-electron chi connectivity index (χ4n) is 1.38. The van der Waals surface area contributed by atoms with Crippen molar-refractivity contribution in [2.45, 2.75) is 13.8 Å². The Labute approximate surface area is 86.2 Å². The molecule has 1 aromatic heterocycles. The molecule has 0 aliphatic carbocycles. The fourth-order valence-corrected chi connectivity index (χ4v) is 2.31. The number of aliphatic carboxylic acids is 1. The lowest BCUT2D eigenvalue weighted by atomic mass is 10.0. The first-order valence-corrected chi connectivity index (χ1v) is 5.31. The Morgan fingerprint density at radius 1 is 1.57 bits per heavy atom. The van der Waals surface area contributed by atoms with E-state index in [0.29, 0.717) is 13.1 Å². The summed E-state index contributed by atoms with van der Waals surface area (Å²) in [5, 5.41) is 9.67. The molecule has 0 spiro atoms. The molecule has 4 nitrogen and oxygen atoms in total. The second kappa shape index (κ2) is 3.24. The van der Waals surface area contributed by atoms with Crippen molar-refractivity contribution in [2.75, 3.05) is 18.0 Å². The number of nitrogens with zero attached hydrogens (tertiary/aromatic N) is 2. The average Bonchev–Trinajstić information content (AvgIpc) is 2.27. The molecular formula is C9H12N2O2S. The van der Waals surface area contributed by atoms with E-state index >= 15 is 0 Å². The van der Waals surface area contributed by atoms with Crippen LogP contribution in [0.25, 0.3) is 0 Å². The van der Waals surface area contributed by atoms with Crippen molar-refractivity contribution in [3.8, 4) is 0 Å². The van der Waals surface area contributed by atoms with E-state index in [1.807, 2.05) is 18.7 Å². The zero-order chi connectivity index (χ0) is 10.3. The number of carboxylic acid groups (broad SMARTS) is 1. The second-order valence-corrected chi connectivity index (χ2v) is 4.76. The second-order valence-electron chi connectivity index (χ2n) is 3.58. The monoisotopic (exact) mass is 212 g/mol. The van der Waals surface area contributed by atoms with Crippen LogP contribution in [0, 0.1) is 19.8 Å². The van der Waals surface area contributed by atoms with Gasteiger partial charge in [0.15, 0.2) is 5.13 Å². The van der Waals surface area contributed by atoms with Crippen molar-refractivity contribution in [2.24, 2.45) is 5.92 Å². The zero-order valence-corrected chi connectivity index (χ0v) is 8.97. The summed E-state index contributed by atoms with van der Waals surface area (Å²) >= 11 is 1.63. The largest absolute Gasteiger partial charge is 0.481 e. The third-order valence-corrected chi connectivity index (χ3v) is 3.65. The van der Waals surface area contributed by atoms with E-state index in [1.54, 1.807) is 11.3 Å². The average molecular weight is 212 g/mol. The first-order valence-electron chi connectivity index (χ1n) is 4.49. The molecule has 0 bridgehead atoms. The molecule has 0 unspecified atom stereocenters. The van der Waals surface area contributed by atoms with E-state index < -0.39 is 5.97 Å². The van der Waals surface area contributed by atoms with Gasteiger partial charge in [-0.3, -0.25) is 4.79 Å². The summed E-state index contributed by atoms with van der Waals surface area (Å²) < 4.78 is 0. The van der Waals surface area contributed by atoms with Crippen LogP contribution in [-0.4, -0.2) is 29.1 Å². The standard InChI is InChI=1S/C9H12N2O2S/c1-5-6(2)14-9(10-5)11-3-7(4-11)8(12)13/h7H,3-4H2,1-2H3,(H,12,13). The molecule has 14 heavy (non-hydrogen) atoms. The lowest BCUT2D eigenvalue weighted by Gasteiger charge is -2.36. The highest BCUT2D eigenvalue weighted by molar-refractivity contribution is 7.15. The van der Waals surface area contributed by atoms with Gasteiger partial charge in [-0.2, -0.15) is 0 Å². The van der Waals surface area contributed by atoms with Crippen LogP contribution in [0.2, 0.25) is 0 Å². The SMILES string of the molecule is Cc1nc(N2CC(C(=O)O)C2)sc1C. The van der Waals surface area contributed by atoms with Gasteiger partial charge in [0.2, 0.25) is 0 Å². The minimum atomic E-state index is -0.703. The van der Waals surface area contributed by atoms with Gasteiger partial charge in [-0.1, -0.05) is 0 Å². The third-order valence-electron chi connectivity index (χ3n) is 2.52. The Bertz CT molecular complexity index is 349. The summed E-state index contributed by atoms with van der Waals surface area (Å²) in [6, 6.07) is 0. The lowest BCUT2D eigenvalue weighted by Crippen LogP contribution is -2.50. The van der Waals surface area contributed by atoms with Crippen molar-refractivity contribution in [3.63, 3.8) is 0 Å². The molecule has 0 saturated carbocycles. The summed E-state index contributed by atoms with van der Waals surface area (Å²) in [6.07, 6.45) is 0. The van der Waals surface area contributed by atoms with Crippen LogP contribution in [0.5, 0.6) is 0 Å². The van der Waals surface area contributed by atoms with Crippen LogP contribution in [0.4, 0.5) is 5.13 Å². The first kappa shape index (κ1) is 9.45. The molecule has 2 rings (SSSR count). The predicted molar refractivity (Wildman–Crippen MR) is 54.9 cm³/mol. The van der Waals surface area contributed by atoms with Crippen molar-refractivity contribution in [1.29, 1.82) is 0 Å².